The molecule has 0 radical (unpaired) electrons. The zero-order chi connectivity index (χ0) is 13.7. The highest BCUT2D eigenvalue weighted by Gasteiger charge is 1.99. The van der Waals surface area contributed by atoms with E-state index in [0.29, 0.717) is 0 Å². The predicted octanol–water partition coefficient (Wildman–Crippen LogP) is 5.32. The maximum absolute atomic E-state index is 12.8. The lowest BCUT2D eigenvalue weighted by atomic mass is 10.2. The molecule has 2 rings (SSSR count). The smallest absolute Gasteiger partial charge is 0.123 e. The second-order valence-corrected chi connectivity index (χ2v) is 5.56. The monoisotopic (exact) mass is 338 g/mol. The van der Waals surface area contributed by atoms with Gasteiger partial charge in [0.15, 0.2) is 0 Å². The summed E-state index contributed by atoms with van der Waals surface area (Å²) in [6.07, 6.45) is 0. The summed E-state index contributed by atoms with van der Waals surface area (Å²) in [6.45, 7) is 0. The number of thioether (sulfide) groups is 1. The third-order valence-corrected chi connectivity index (χ3v) is 4.37. The van der Waals surface area contributed by atoms with Crippen molar-refractivity contribution in [3.63, 3.8) is 0 Å². The maximum atomic E-state index is 12.8. The highest BCUT2D eigenvalue weighted by molar-refractivity contribution is 9.15. The summed E-state index contributed by atoms with van der Waals surface area (Å²) in [7, 11) is 1.65. The van der Waals surface area contributed by atoms with Gasteiger partial charge in [0.1, 0.15) is 11.6 Å². The Balaban J connectivity index is 2.06. The molecule has 98 valence electrons. The van der Waals surface area contributed by atoms with E-state index in [1.54, 1.807) is 31.0 Å². The van der Waals surface area contributed by atoms with Crippen LogP contribution < -0.4 is 4.74 Å². The number of methoxy groups -OCH3 is 1. The number of rotatable bonds is 4. The lowest BCUT2D eigenvalue weighted by Crippen LogP contribution is -1.81. The van der Waals surface area contributed by atoms with Gasteiger partial charge >= 0.3 is 0 Å². The van der Waals surface area contributed by atoms with E-state index < -0.39 is 0 Å². The summed E-state index contributed by atoms with van der Waals surface area (Å²) < 4.78 is 18.9. The van der Waals surface area contributed by atoms with Crippen molar-refractivity contribution in [2.24, 2.45) is 0 Å². The molecule has 1 nitrogen and oxygen atoms in total. The minimum atomic E-state index is -0.230. The first kappa shape index (κ1) is 14.2. The van der Waals surface area contributed by atoms with Crippen LogP contribution in [-0.4, -0.2) is 7.11 Å². The molecule has 2 aromatic carbocycles. The molecular weight excluding hydrogens is 327 g/mol. The van der Waals surface area contributed by atoms with Crippen molar-refractivity contribution in [1.82, 2.24) is 0 Å². The lowest BCUT2D eigenvalue weighted by Gasteiger charge is -2.02. The average molecular weight is 339 g/mol. The molecule has 0 atom stereocenters. The van der Waals surface area contributed by atoms with Gasteiger partial charge in [0.05, 0.1) is 7.11 Å². The lowest BCUT2D eigenvalue weighted by molar-refractivity contribution is 0.414. The fraction of sp³-hybridized carbons (Fsp3) is 0.0667. The van der Waals surface area contributed by atoms with Crippen LogP contribution in [0.3, 0.4) is 0 Å². The van der Waals surface area contributed by atoms with Gasteiger partial charge in [-0.25, -0.2) is 4.39 Å². The van der Waals surface area contributed by atoms with Crippen LogP contribution in [0.4, 0.5) is 4.39 Å². The van der Waals surface area contributed by atoms with Gasteiger partial charge in [0.2, 0.25) is 0 Å². The van der Waals surface area contributed by atoms with Gasteiger partial charge < -0.3 is 4.74 Å². The van der Waals surface area contributed by atoms with E-state index >= 15 is 0 Å². The van der Waals surface area contributed by atoms with Gasteiger partial charge in [0, 0.05) is 9.38 Å². The standard InChI is InChI=1S/C15H12BrFOS/c1-18-13-6-8-14(9-7-13)19-10-15(16)11-2-4-12(17)5-3-11/h2-10H,1H3/b15-10+. The first-order valence-corrected chi connectivity index (χ1v) is 7.28. The minimum absolute atomic E-state index is 0.230. The fourth-order valence-electron chi connectivity index (χ4n) is 1.45. The molecule has 0 saturated heterocycles. The number of halogens is 2. The van der Waals surface area contributed by atoms with Crippen molar-refractivity contribution in [1.29, 1.82) is 0 Å². The first-order chi connectivity index (χ1) is 9.19. The molecule has 0 aromatic heterocycles. The Kier molecular flexibility index (Phi) is 5.05. The fourth-order valence-corrected chi connectivity index (χ4v) is 2.66. The Bertz CT molecular complexity index is 564. The Labute approximate surface area is 124 Å². The Morgan fingerprint density at radius 3 is 2.32 bits per heavy atom. The molecule has 4 heteroatoms. The quantitative estimate of drug-likeness (QED) is 0.697. The molecule has 0 spiro atoms. The van der Waals surface area contributed by atoms with Crippen molar-refractivity contribution in [3.8, 4) is 5.75 Å². The van der Waals surface area contributed by atoms with Gasteiger partial charge in [-0.3, -0.25) is 0 Å². The summed E-state index contributed by atoms with van der Waals surface area (Å²) >= 11 is 5.08. The summed E-state index contributed by atoms with van der Waals surface area (Å²) in [5.41, 5.74) is 0.947. The van der Waals surface area contributed by atoms with Crippen molar-refractivity contribution >= 4 is 32.2 Å². The molecule has 0 aliphatic heterocycles. The van der Waals surface area contributed by atoms with Gasteiger partial charge in [-0.15, -0.1) is 0 Å². The van der Waals surface area contributed by atoms with E-state index in [9.17, 15) is 4.39 Å². The number of ether oxygens (including phenoxy) is 1. The SMILES string of the molecule is COc1ccc(S/C=C(/Br)c2ccc(F)cc2)cc1. The van der Waals surface area contributed by atoms with Crippen LogP contribution >= 0.6 is 27.7 Å². The van der Waals surface area contributed by atoms with Crippen molar-refractivity contribution in [2.75, 3.05) is 7.11 Å². The molecule has 0 N–H and O–H groups in total. The zero-order valence-corrected chi connectivity index (χ0v) is 12.7. The summed E-state index contributed by atoms with van der Waals surface area (Å²) in [4.78, 5) is 1.11. The molecule has 0 unspecified atom stereocenters. The number of benzene rings is 2. The Hall–Kier alpha value is -1.26. The van der Waals surface area contributed by atoms with Crippen LogP contribution in [0.5, 0.6) is 5.75 Å². The van der Waals surface area contributed by atoms with Crippen LogP contribution in [-0.2, 0) is 0 Å². The van der Waals surface area contributed by atoms with E-state index in [1.807, 2.05) is 29.7 Å². The molecule has 2 aromatic rings. The normalized spacial score (nSPS) is 11.4. The van der Waals surface area contributed by atoms with E-state index in [0.717, 1.165) is 20.7 Å². The van der Waals surface area contributed by atoms with E-state index in [4.69, 9.17) is 4.74 Å². The van der Waals surface area contributed by atoms with Gasteiger partial charge in [-0.1, -0.05) is 23.9 Å². The third-order valence-electron chi connectivity index (χ3n) is 2.48. The zero-order valence-electron chi connectivity index (χ0n) is 10.3. The number of hydrogen-bond acceptors (Lipinski definition) is 2. The highest BCUT2D eigenvalue weighted by atomic mass is 79.9. The van der Waals surface area contributed by atoms with E-state index in [1.165, 1.54) is 12.1 Å². The molecule has 0 fully saturated rings. The summed E-state index contributed by atoms with van der Waals surface area (Å²) in [6, 6.07) is 14.2. The Morgan fingerprint density at radius 2 is 1.74 bits per heavy atom. The third kappa shape index (κ3) is 4.11. The molecule has 0 aliphatic carbocycles. The van der Waals surface area contributed by atoms with Crippen LogP contribution in [0.25, 0.3) is 4.48 Å². The number of hydrogen-bond donors (Lipinski definition) is 0. The highest BCUT2D eigenvalue weighted by Crippen LogP contribution is 2.29. The molecule has 0 bridgehead atoms. The average Bonchev–Trinajstić information content (AvgIpc) is 2.46. The van der Waals surface area contributed by atoms with Gasteiger partial charge in [-0.2, -0.15) is 0 Å². The molecule has 0 saturated carbocycles. The van der Waals surface area contributed by atoms with Crippen LogP contribution in [0.1, 0.15) is 5.56 Å². The molecule has 0 amide bonds. The minimum Gasteiger partial charge on any atom is -0.497 e. The molecule has 0 aliphatic rings. The van der Waals surface area contributed by atoms with Crippen molar-refractivity contribution in [3.05, 3.63) is 65.3 Å². The summed E-state index contributed by atoms with van der Waals surface area (Å²) in [5.74, 6) is 0.609. The molecule has 19 heavy (non-hydrogen) atoms. The van der Waals surface area contributed by atoms with Crippen LogP contribution in [0.15, 0.2) is 58.8 Å². The molecular formula is C15H12BrFOS. The van der Waals surface area contributed by atoms with E-state index in [2.05, 4.69) is 15.9 Å². The van der Waals surface area contributed by atoms with E-state index in [-0.39, 0.29) is 5.82 Å². The van der Waals surface area contributed by atoms with Crippen LogP contribution in [0.2, 0.25) is 0 Å². The summed E-state index contributed by atoms with van der Waals surface area (Å²) in [5, 5.41) is 1.98. The van der Waals surface area contributed by atoms with Crippen molar-refractivity contribution in [2.45, 2.75) is 4.90 Å². The predicted molar refractivity (Wildman–Crippen MR) is 82.2 cm³/mol. The maximum Gasteiger partial charge on any atom is 0.123 e. The van der Waals surface area contributed by atoms with Gasteiger partial charge in [0.25, 0.3) is 0 Å². The largest absolute Gasteiger partial charge is 0.497 e. The first-order valence-electron chi connectivity index (χ1n) is 5.61. The van der Waals surface area contributed by atoms with Crippen molar-refractivity contribution < 1.29 is 9.13 Å². The second-order valence-electron chi connectivity index (χ2n) is 3.77. The topological polar surface area (TPSA) is 9.23 Å². The second kappa shape index (κ2) is 6.78. The van der Waals surface area contributed by atoms with Gasteiger partial charge in [-0.05, 0) is 63.3 Å². The van der Waals surface area contributed by atoms with Crippen LogP contribution in [0, 0.1) is 5.82 Å². The Morgan fingerprint density at radius 1 is 1.11 bits per heavy atom. The molecule has 0 heterocycles.